The van der Waals surface area contributed by atoms with E-state index < -0.39 is 0 Å². The number of nitrogens with one attached hydrogen (secondary N) is 1. The molecule has 4 aromatic rings. The van der Waals surface area contributed by atoms with E-state index in [9.17, 15) is 9.59 Å². The number of nitrogens with zero attached hydrogens (tertiary/aromatic N) is 4. The molecular weight excluding hydrogens is 418 g/mol. The Kier molecular flexibility index (Phi) is 5.60. The van der Waals surface area contributed by atoms with Gasteiger partial charge in [0.05, 0.1) is 6.33 Å². The zero-order valence-corrected chi connectivity index (χ0v) is 18.9. The van der Waals surface area contributed by atoms with Crippen molar-refractivity contribution < 1.29 is 9.21 Å². The predicted octanol–water partition coefficient (Wildman–Crippen LogP) is 3.23. The number of aromatic nitrogens is 2. The van der Waals surface area contributed by atoms with Gasteiger partial charge < -0.3 is 19.5 Å². The fourth-order valence-electron chi connectivity index (χ4n) is 4.38. The Morgan fingerprint density at radius 2 is 1.91 bits per heavy atom. The molecule has 0 radical (unpaired) electrons. The molecule has 0 bridgehead atoms. The van der Waals surface area contributed by atoms with Gasteiger partial charge in [0.25, 0.3) is 5.56 Å². The fraction of sp³-hybridized carbons (Fsp3) is 0.320. The average Bonchev–Trinajstić information content (AvgIpc) is 3.22. The Bertz CT molecular complexity index is 1380. The van der Waals surface area contributed by atoms with Gasteiger partial charge in [-0.3, -0.25) is 14.2 Å². The van der Waals surface area contributed by atoms with Gasteiger partial charge in [-0.1, -0.05) is 19.1 Å². The molecule has 1 aliphatic rings. The summed E-state index contributed by atoms with van der Waals surface area (Å²) < 4.78 is 6.97. The van der Waals surface area contributed by atoms with Crippen molar-refractivity contribution in [2.45, 2.75) is 20.4 Å². The number of carbonyl (C=O) groups is 1. The number of carbonyl (C=O) groups excluding carboxylic acids is 1. The second-order valence-corrected chi connectivity index (χ2v) is 8.42. The normalized spacial score (nSPS) is 14.8. The lowest BCUT2D eigenvalue weighted by atomic mass is 10.1. The van der Waals surface area contributed by atoms with Gasteiger partial charge in [-0.25, -0.2) is 4.98 Å². The van der Waals surface area contributed by atoms with Gasteiger partial charge in [0.1, 0.15) is 17.6 Å². The van der Waals surface area contributed by atoms with Crippen LogP contribution in [0.5, 0.6) is 0 Å². The minimum atomic E-state index is -0.371. The molecule has 33 heavy (non-hydrogen) atoms. The van der Waals surface area contributed by atoms with Crippen LogP contribution in [0.4, 0.5) is 11.4 Å². The monoisotopic (exact) mass is 445 g/mol. The third kappa shape index (κ3) is 4.09. The van der Waals surface area contributed by atoms with E-state index in [0.717, 1.165) is 55.0 Å². The lowest BCUT2D eigenvalue weighted by Crippen LogP contribution is -2.46. The van der Waals surface area contributed by atoms with E-state index >= 15 is 0 Å². The lowest BCUT2D eigenvalue weighted by Gasteiger charge is -2.35. The Balaban J connectivity index is 1.30. The molecule has 0 aliphatic carbocycles. The van der Waals surface area contributed by atoms with Gasteiger partial charge in [-0.05, 0) is 49.4 Å². The van der Waals surface area contributed by atoms with E-state index in [1.165, 1.54) is 10.9 Å². The van der Waals surface area contributed by atoms with Crippen molar-refractivity contribution >= 4 is 39.4 Å². The summed E-state index contributed by atoms with van der Waals surface area (Å²) in [5.41, 5.74) is 3.79. The van der Waals surface area contributed by atoms with Gasteiger partial charge >= 0.3 is 0 Å². The smallest absolute Gasteiger partial charge is 0.297 e. The summed E-state index contributed by atoms with van der Waals surface area (Å²) in [6, 6.07) is 13.4. The van der Waals surface area contributed by atoms with E-state index in [-0.39, 0.29) is 23.6 Å². The van der Waals surface area contributed by atoms with Crippen LogP contribution in [-0.4, -0.2) is 53.1 Å². The summed E-state index contributed by atoms with van der Waals surface area (Å²) in [5, 5.41) is 3.71. The molecule has 8 heteroatoms. The Morgan fingerprint density at radius 1 is 1.12 bits per heavy atom. The number of para-hydroxylation sites is 1. The van der Waals surface area contributed by atoms with Crippen LogP contribution in [-0.2, 0) is 11.3 Å². The maximum Gasteiger partial charge on any atom is 0.297 e. The summed E-state index contributed by atoms with van der Waals surface area (Å²) in [4.78, 5) is 34.7. The molecule has 1 amide bonds. The molecule has 3 heterocycles. The molecular formula is C25H27N5O3. The first-order valence-corrected chi connectivity index (χ1v) is 11.3. The number of piperazine rings is 1. The van der Waals surface area contributed by atoms with Gasteiger partial charge in [-0.15, -0.1) is 0 Å². The quantitative estimate of drug-likeness (QED) is 0.508. The first kappa shape index (κ1) is 21.2. The van der Waals surface area contributed by atoms with Gasteiger partial charge in [0.2, 0.25) is 11.5 Å². The molecule has 0 unspecified atom stereocenters. The molecule has 5 rings (SSSR count). The minimum absolute atomic E-state index is 0.140. The van der Waals surface area contributed by atoms with E-state index in [2.05, 4.69) is 33.1 Å². The van der Waals surface area contributed by atoms with Crippen molar-refractivity contribution in [3.8, 4) is 0 Å². The van der Waals surface area contributed by atoms with Crippen molar-refractivity contribution in [2.75, 3.05) is 42.9 Å². The maximum absolute atomic E-state index is 12.9. The zero-order valence-electron chi connectivity index (χ0n) is 18.9. The fourth-order valence-corrected chi connectivity index (χ4v) is 4.38. The van der Waals surface area contributed by atoms with Crippen molar-refractivity contribution in [1.82, 2.24) is 14.5 Å². The van der Waals surface area contributed by atoms with Crippen LogP contribution < -0.4 is 15.8 Å². The number of hydrogen-bond donors (Lipinski definition) is 1. The van der Waals surface area contributed by atoms with Crippen LogP contribution in [0.1, 0.15) is 12.5 Å². The van der Waals surface area contributed by atoms with Crippen molar-refractivity contribution in [3.63, 3.8) is 0 Å². The van der Waals surface area contributed by atoms with Crippen molar-refractivity contribution in [2.24, 2.45) is 0 Å². The predicted molar refractivity (Wildman–Crippen MR) is 130 cm³/mol. The van der Waals surface area contributed by atoms with Crippen LogP contribution in [0.25, 0.3) is 22.1 Å². The molecule has 1 saturated heterocycles. The molecule has 1 aliphatic heterocycles. The van der Waals surface area contributed by atoms with Gasteiger partial charge in [0.15, 0.2) is 0 Å². The zero-order chi connectivity index (χ0) is 22.9. The third-order valence-corrected chi connectivity index (χ3v) is 6.33. The first-order chi connectivity index (χ1) is 16.0. The number of aryl methyl sites for hydroxylation is 1. The topological polar surface area (TPSA) is 83.6 Å². The number of hydrogen-bond acceptors (Lipinski definition) is 6. The summed E-state index contributed by atoms with van der Waals surface area (Å²) >= 11 is 0. The van der Waals surface area contributed by atoms with E-state index in [1.807, 2.05) is 37.3 Å². The number of benzene rings is 2. The Morgan fingerprint density at radius 3 is 2.67 bits per heavy atom. The second-order valence-electron chi connectivity index (χ2n) is 8.42. The SMILES string of the molecule is CCN1CCN(c2ccc(NC(=O)Cn3cnc4c(oc5ccccc54)c3=O)c(C)c2)CC1. The molecule has 8 nitrogen and oxygen atoms in total. The Labute approximate surface area is 191 Å². The molecule has 0 atom stereocenters. The maximum atomic E-state index is 12.9. The number of fused-ring (bicyclic) bond motifs is 3. The minimum Gasteiger partial charge on any atom is -0.448 e. The van der Waals surface area contributed by atoms with E-state index in [1.54, 1.807) is 6.07 Å². The van der Waals surface area contributed by atoms with Crippen LogP contribution in [0.2, 0.25) is 0 Å². The van der Waals surface area contributed by atoms with Gasteiger partial charge in [0, 0.05) is 42.9 Å². The van der Waals surface area contributed by atoms with Crippen molar-refractivity contribution in [1.29, 1.82) is 0 Å². The van der Waals surface area contributed by atoms with Crippen LogP contribution in [0.3, 0.4) is 0 Å². The highest BCUT2D eigenvalue weighted by molar-refractivity contribution is 6.01. The first-order valence-electron chi connectivity index (χ1n) is 11.3. The molecule has 0 saturated carbocycles. The highest BCUT2D eigenvalue weighted by Gasteiger charge is 2.18. The number of amides is 1. The number of likely N-dealkylation sites (N-methyl/N-ethyl adjacent to an activating group) is 1. The summed E-state index contributed by atoms with van der Waals surface area (Å²) in [5.74, 6) is -0.290. The van der Waals surface area contributed by atoms with E-state index in [0.29, 0.717) is 11.1 Å². The molecule has 1 N–H and O–H groups in total. The third-order valence-electron chi connectivity index (χ3n) is 6.33. The van der Waals surface area contributed by atoms with Crippen LogP contribution >= 0.6 is 0 Å². The number of anilines is 2. The number of rotatable bonds is 5. The van der Waals surface area contributed by atoms with Crippen molar-refractivity contribution in [3.05, 3.63) is 64.7 Å². The largest absolute Gasteiger partial charge is 0.448 e. The summed E-state index contributed by atoms with van der Waals surface area (Å²) in [6.07, 6.45) is 1.40. The Hall–Kier alpha value is -3.65. The molecule has 170 valence electrons. The lowest BCUT2D eigenvalue weighted by molar-refractivity contribution is -0.116. The average molecular weight is 446 g/mol. The molecule has 2 aromatic carbocycles. The summed E-state index contributed by atoms with van der Waals surface area (Å²) in [7, 11) is 0. The standard InChI is InChI=1S/C25H27N5O3/c1-3-28-10-12-29(13-11-28)18-8-9-20(17(2)14-18)27-22(31)15-30-16-26-23-19-6-4-5-7-21(19)33-24(23)25(30)32/h4-9,14,16H,3,10-13,15H2,1-2H3,(H,27,31). The van der Waals surface area contributed by atoms with Crippen LogP contribution in [0, 0.1) is 6.92 Å². The summed E-state index contributed by atoms with van der Waals surface area (Å²) in [6.45, 7) is 9.24. The second kappa shape index (κ2) is 8.71. The molecule has 2 aromatic heterocycles. The van der Waals surface area contributed by atoms with E-state index in [4.69, 9.17) is 4.42 Å². The van der Waals surface area contributed by atoms with Crippen LogP contribution in [0.15, 0.2) is 58.0 Å². The van der Waals surface area contributed by atoms with Gasteiger partial charge in [-0.2, -0.15) is 0 Å². The highest BCUT2D eigenvalue weighted by atomic mass is 16.3. The molecule has 1 fully saturated rings. The molecule has 0 spiro atoms. The number of furan rings is 1. The highest BCUT2D eigenvalue weighted by Crippen LogP contribution is 2.25.